The van der Waals surface area contributed by atoms with E-state index in [1.165, 1.54) is 0 Å². The fourth-order valence-electron chi connectivity index (χ4n) is 3.73. The van der Waals surface area contributed by atoms with Gasteiger partial charge in [0.05, 0.1) is 37.3 Å². The topological polar surface area (TPSA) is 66.5 Å². The van der Waals surface area contributed by atoms with Gasteiger partial charge in [0.15, 0.2) is 0 Å². The first-order valence-corrected chi connectivity index (χ1v) is 8.87. The number of benzene rings is 1. The molecular formula is C18H23Cl2N3O3. The zero-order valence-electron chi connectivity index (χ0n) is 15.1. The van der Waals surface area contributed by atoms with Crippen LogP contribution in [0.15, 0.2) is 18.2 Å². The van der Waals surface area contributed by atoms with Crippen molar-refractivity contribution >= 4 is 29.3 Å². The standard InChI is InChI=1S/C18H22ClN3O3.ClH/c1-22(2,3)20-17(25)18(10-5-4-6-11-18)21-15(23)12-8-7-9-13(19)14(12)16(21)24;/h7-9H,4-6,10-11H2,1-3H3;1H. The van der Waals surface area contributed by atoms with E-state index >= 15 is 0 Å². The van der Waals surface area contributed by atoms with Crippen LogP contribution in [0.1, 0.15) is 52.8 Å². The minimum atomic E-state index is -1.15. The average molecular weight is 400 g/mol. The second kappa shape index (κ2) is 7.18. The molecule has 1 fully saturated rings. The maximum atomic E-state index is 13.1. The number of rotatable bonds is 3. The summed E-state index contributed by atoms with van der Waals surface area (Å²) in [7, 11) is 5.48. The zero-order chi connectivity index (χ0) is 18.4. The minimum Gasteiger partial charge on any atom is -1.00 e. The number of nitrogens with zero attached hydrogens (tertiary/aromatic N) is 2. The van der Waals surface area contributed by atoms with Crippen LogP contribution in [-0.2, 0) is 4.79 Å². The molecule has 0 unspecified atom stereocenters. The van der Waals surface area contributed by atoms with Crippen LogP contribution in [0.3, 0.4) is 0 Å². The van der Waals surface area contributed by atoms with Crippen LogP contribution in [0.2, 0.25) is 5.02 Å². The summed E-state index contributed by atoms with van der Waals surface area (Å²) in [5, 5.41) is 0.247. The molecule has 3 amide bonds. The summed E-state index contributed by atoms with van der Waals surface area (Å²) in [6, 6.07) is 4.83. The largest absolute Gasteiger partial charge is 1.00 e. The zero-order valence-corrected chi connectivity index (χ0v) is 16.7. The smallest absolute Gasteiger partial charge is 0.291 e. The van der Waals surface area contributed by atoms with Gasteiger partial charge in [-0.05, 0) is 25.0 Å². The van der Waals surface area contributed by atoms with Gasteiger partial charge in [-0.2, -0.15) is 0 Å². The summed E-state index contributed by atoms with van der Waals surface area (Å²) in [5.41, 5.74) is 2.24. The highest BCUT2D eigenvalue weighted by atomic mass is 35.5. The molecule has 8 heteroatoms. The number of carbonyl (C=O) groups excluding carboxylic acids is 3. The number of hydrogen-bond donors (Lipinski definition) is 1. The SMILES string of the molecule is C[N+](C)(C)NC(=O)C1(N2C(=O)c3cccc(Cl)c3C2=O)CCCCC1.[Cl-]. The Labute approximate surface area is 164 Å². The third-order valence-electron chi connectivity index (χ3n) is 4.83. The number of carbonyl (C=O) groups is 3. The normalized spacial score (nSPS) is 19.0. The van der Waals surface area contributed by atoms with E-state index in [9.17, 15) is 14.4 Å². The number of halogens is 2. The lowest BCUT2D eigenvalue weighted by Crippen LogP contribution is -3.00. The van der Waals surface area contributed by atoms with Crippen molar-refractivity contribution in [2.24, 2.45) is 0 Å². The molecule has 1 heterocycles. The Kier molecular flexibility index (Phi) is 5.71. The monoisotopic (exact) mass is 399 g/mol. The van der Waals surface area contributed by atoms with Crippen LogP contribution in [0, 0.1) is 0 Å². The molecule has 142 valence electrons. The lowest BCUT2D eigenvalue weighted by molar-refractivity contribution is -0.906. The molecule has 0 radical (unpaired) electrons. The van der Waals surface area contributed by atoms with Crippen molar-refractivity contribution in [3.05, 3.63) is 34.3 Å². The fraction of sp³-hybridized carbons (Fsp3) is 0.500. The maximum Gasteiger partial charge on any atom is 0.291 e. The maximum absolute atomic E-state index is 13.1. The van der Waals surface area contributed by atoms with E-state index in [-0.39, 0.29) is 39.1 Å². The highest BCUT2D eigenvalue weighted by Crippen LogP contribution is 2.41. The molecule has 1 aromatic rings. The molecule has 0 aromatic heterocycles. The third-order valence-corrected chi connectivity index (χ3v) is 5.15. The molecule has 1 N–H and O–H groups in total. The number of quaternary nitrogens is 1. The first-order chi connectivity index (χ1) is 11.7. The summed E-state index contributed by atoms with van der Waals surface area (Å²) >= 11 is 6.16. The molecule has 2 aliphatic rings. The Morgan fingerprint density at radius 1 is 1.12 bits per heavy atom. The van der Waals surface area contributed by atoms with Gasteiger partial charge in [0.1, 0.15) is 5.54 Å². The van der Waals surface area contributed by atoms with Gasteiger partial charge in [-0.3, -0.25) is 19.3 Å². The van der Waals surface area contributed by atoms with Crippen molar-refractivity contribution in [3.63, 3.8) is 0 Å². The van der Waals surface area contributed by atoms with Crippen LogP contribution in [0.4, 0.5) is 0 Å². The molecule has 1 saturated carbocycles. The molecule has 3 rings (SSSR count). The van der Waals surface area contributed by atoms with E-state index in [4.69, 9.17) is 11.6 Å². The van der Waals surface area contributed by atoms with Crippen LogP contribution in [0.5, 0.6) is 0 Å². The van der Waals surface area contributed by atoms with Gasteiger partial charge in [0.25, 0.3) is 17.7 Å². The molecule has 1 aliphatic carbocycles. The molecule has 0 bridgehead atoms. The predicted molar refractivity (Wildman–Crippen MR) is 93.9 cm³/mol. The van der Waals surface area contributed by atoms with Gasteiger partial charge < -0.3 is 12.4 Å². The number of hydrogen-bond acceptors (Lipinski definition) is 3. The summed E-state index contributed by atoms with van der Waals surface area (Å²) in [6.07, 6.45) is 3.53. The Morgan fingerprint density at radius 2 is 1.73 bits per heavy atom. The fourth-order valence-corrected chi connectivity index (χ4v) is 3.99. The molecule has 1 aliphatic heterocycles. The van der Waals surface area contributed by atoms with Crippen molar-refractivity contribution in [3.8, 4) is 0 Å². The van der Waals surface area contributed by atoms with Gasteiger partial charge in [0.2, 0.25) is 0 Å². The van der Waals surface area contributed by atoms with Gasteiger partial charge in [-0.1, -0.05) is 36.9 Å². The average Bonchev–Trinajstić information content (AvgIpc) is 2.79. The van der Waals surface area contributed by atoms with Crippen molar-refractivity contribution in [1.29, 1.82) is 0 Å². The summed E-state index contributed by atoms with van der Waals surface area (Å²) in [5.74, 6) is -1.18. The van der Waals surface area contributed by atoms with Gasteiger partial charge in [0, 0.05) is 0 Å². The molecule has 26 heavy (non-hydrogen) atoms. The number of imide groups is 1. The van der Waals surface area contributed by atoms with Gasteiger partial charge in [-0.25, -0.2) is 10.0 Å². The molecule has 1 aromatic carbocycles. The second-order valence-electron chi connectivity index (χ2n) is 7.65. The molecular weight excluding hydrogens is 377 g/mol. The highest BCUT2D eigenvalue weighted by molar-refractivity contribution is 6.37. The highest BCUT2D eigenvalue weighted by Gasteiger charge is 2.55. The first kappa shape index (κ1) is 20.7. The van der Waals surface area contributed by atoms with Crippen molar-refractivity contribution in [2.75, 3.05) is 21.1 Å². The second-order valence-corrected chi connectivity index (χ2v) is 8.06. The summed E-state index contributed by atoms with van der Waals surface area (Å²) < 4.78 is 0.213. The van der Waals surface area contributed by atoms with E-state index in [0.717, 1.165) is 24.2 Å². The molecule has 6 nitrogen and oxygen atoms in total. The Bertz CT molecular complexity index is 753. The van der Waals surface area contributed by atoms with E-state index in [1.807, 2.05) is 21.1 Å². The first-order valence-electron chi connectivity index (χ1n) is 8.49. The Hall–Kier alpha value is -1.63. The molecule has 0 spiro atoms. The van der Waals surface area contributed by atoms with Crippen molar-refractivity contribution in [1.82, 2.24) is 10.3 Å². The number of fused-ring (bicyclic) bond motifs is 1. The van der Waals surface area contributed by atoms with E-state index in [1.54, 1.807) is 18.2 Å². The van der Waals surface area contributed by atoms with Crippen LogP contribution < -0.4 is 17.8 Å². The summed E-state index contributed by atoms with van der Waals surface area (Å²) in [6.45, 7) is 0. The van der Waals surface area contributed by atoms with E-state index in [2.05, 4.69) is 5.43 Å². The number of amides is 3. The van der Waals surface area contributed by atoms with Crippen LogP contribution in [0.25, 0.3) is 0 Å². The van der Waals surface area contributed by atoms with Crippen LogP contribution >= 0.6 is 11.6 Å². The number of nitrogens with one attached hydrogen (secondary N) is 1. The lowest BCUT2D eigenvalue weighted by Gasteiger charge is -2.42. The quantitative estimate of drug-likeness (QED) is 0.418. The van der Waals surface area contributed by atoms with Crippen molar-refractivity contribution < 1.29 is 31.4 Å². The summed E-state index contributed by atoms with van der Waals surface area (Å²) in [4.78, 5) is 40.3. The van der Waals surface area contributed by atoms with Crippen molar-refractivity contribution in [2.45, 2.75) is 37.6 Å². The predicted octanol–water partition coefficient (Wildman–Crippen LogP) is -0.620. The third kappa shape index (κ3) is 3.33. The Balaban J connectivity index is 0.00000243. The van der Waals surface area contributed by atoms with E-state index < -0.39 is 17.4 Å². The molecule has 0 saturated heterocycles. The molecule has 0 atom stereocenters. The van der Waals surface area contributed by atoms with Gasteiger partial charge in [-0.15, -0.1) is 0 Å². The Morgan fingerprint density at radius 3 is 2.27 bits per heavy atom. The van der Waals surface area contributed by atoms with Crippen LogP contribution in [-0.4, -0.2) is 53.9 Å². The van der Waals surface area contributed by atoms with E-state index in [0.29, 0.717) is 12.8 Å². The lowest BCUT2D eigenvalue weighted by atomic mass is 9.79. The minimum absolute atomic E-state index is 0. The van der Waals surface area contributed by atoms with Gasteiger partial charge >= 0.3 is 0 Å².